The second kappa shape index (κ2) is 8.96. The molecule has 0 N–H and O–H groups in total. The standard InChI is InChI=1S/C10H20O3Si/c1-4-7-14(8-6-12-3)9-13-10(11)5-2/h5,14H,2,4,6-9H2,1,3H3. The van der Waals surface area contributed by atoms with Crippen molar-refractivity contribution in [2.45, 2.75) is 25.4 Å². The van der Waals surface area contributed by atoms with Crippen LogP contribution in [0.25, 0.3) is 0 Å². The Morgan fingerprint density at radius 3 is 2.71 bits per heavy atom. The normalized spacial score (nSPS) is 12.1. The van der Waals surface area contributed by atoms with Gasteiger partial charge in [0, 0.05) is 19.8 Å². The van der Waals surface area contributed by atoms with Gasteiger partial charge in [-0.2, -0.15) is 0 Å². The Labute approximate surface area is 87.7 Å². The van der Waals surface area contributed by atoms with Crippen LogP contribution < -0.4 is 0 Å². The number of methoxy groups -OCH3 is 1. The molecule has 1 unspecified atom stereocenters. The van der Waals surface area contributed by atoms with Crippen LogP contribution in [0.4, 0.5) is 0 Å². The number of carbonyl (C=O) groups excluding carboxylic acids is 1. The number of hydrogen-bond donors (Lipinski definition) is 0. The topological polar surface area (TPSA) is 35.5 Å². The van der Waals surface area contributed by atoms with E-state index >= 15 is 0 Å². The minimum atomic E-state index is -0.937. The summed E-state index contributed by atoms with van der Waals surface area (Å²) in [6, 6.07) is 2.28. The lowest BCUT2D eigenvalue weighted by atomic mass is 10.6. The van der Waals surface area contributed by atoms with Crippen molar-refractivity contribution in [1.29, 1.82) is 0 Å². The van der Waals surface area contributed by atoms with Crippen molar-refractivity contribution in [2.75, 3.05) is 19.9 Å². The minimum Gasteiger partial charge on any atom is -0.467 e. The summed E-state index contributed by atoms with van der Waals surface area (Å²) in [6.07, 6.45) is 2.99. The van der Waals surface area contributed by atoms with Crippen molar-refractivity contribution in [2.24, 2.45) is 0 Å². The molecule has 0 aliphatic carbocycles. The van der Waals surface area contributed by atoms with Crippen LogP contribution in [0.3, 0.4) is 0 Å². The molecular formula is C10H20O3Si. The molecule has 0 radical (unpaired) electrons. The van der Waals surface area contributed by atoms with Crippen LogP contribution in [0.15, 0.2) is 12.7 Å². The van der Waals surface area contributed by atoms with Gasteiger partial charge in [0.15, 0.2) is 0 Å². The van der Waals surface area contributed by atoms with Crippen LogP contribution in [0, 0.1) is 0 Å². The van der Waals surface area contributed by atoms with E-state index < -0.39 is 8.80 Å². The third-order valence-electron chi connectivity index (χ3n) is 2.06. The molecule has 0 aliphatic heterocycles. The minimum absolute atomic E-state index is 0.309. The van der Waals surface area contributed by atoms with Crippen LogP contribution in [-0.2, 0) is 14.3 Å². The van der Waals surface area contributed by atoms with Crippen molar-refractivity contribution in [3.63, 3.8) is 0 Å². The van der Waals surface area contributed by atoms with Gasteiger partial charge < -0.3 is 9.47 Å². The predicted octanol–water partition coefficient (Wildman–Crippen LogP) is 1.54. The molecule has 4 heteroatoms. The number of carbonyl (C=O) groups is 1. The van der Waals surface area contributed by atoms with Gasteiger partial charge in [0.05, 0.1) is 15.0 Å². The van der Waals surface area contributed by atoms with Gasteiger partial charge in [0.1, 0.15) is 0 Å². The number of hydrogen-bond acceptors (Lipinski definition) is 3. The van der Waals surface area contributed by atoms with Crippen molar-refractivity contribution in [1.82, 2.24) is 0 Å². The summed E-state index contributed by atoms with van der Waals surface area (Å²) in [4.78, 5) is 10.8. The summed E-state index contributed by atoms with van der Waals surface area (Å²) in [5.41, 5.74) is 0. The molecule has 82 valence electrons. The van der Waals surface area contributed by atoms with Crippen LogP contribution >= 0.6 is 0 Å². The smallest absolute Gasteiger partial charge is 0.329 e. The zero-order chi connectivity index (χ0) is 10.8. The van der Waals surface area contributed by atoms with E-state index in [-0.39, 0.29) is 5.97 Å². The van der Waals surface area contributed by atoms with E-state index in [1.54, 1.807) is 7.11 Å². The molecule has 1 atom stereocenters. The van der Waals surface area contributed by atoms with Gasteiger partial charge in [-0.3, -0.25) is 0 Å². The number of rotatable bonds is 8. The zero-order valence-electron chi connectivity index (χ0n) is 9.12. The van der Waals surface area contributed by atoms with Crippen LogP contribution in [0.1, 0.15) is 13.3 Å². The van der Waals surface area contributed by atoms with Gasteiger partial charge in [-0.25, -0.2) is 4.79 Å². The van der Waals surface area contributed by atoms with Crippen molar-refractivity contribution in [3.05, 3.63) is 12.7 Å². The Bertz CT molecular complexity index is 171. The molecule has 14 heavy (non-hydrogen) atoms. The fourth-order valence-electron chi connectivity index (χ4n) is 1.26. The van der Waals surface area contributed by atoms with Crippen LogP contribution in [0.2, 0.25) is 12.1 Å². The maximum Gasteiger partial charge on any atom is 0.329 e. The SMILES string of the molecule is C=CC(=O)OC[SiH](CCC)CCOC. The molecule has 0 aliphatic rings. The highest BCUT2D eigenvalue weighted by Gasteiger charge is 2.11. The Balaban J connectivity index is 3.71. The fraction of sp³-hybridized carbons (Fsp3) is 0.700. The van der Waals surface area contributed by atoms with Crippen LogP contribution in [0.5, 0.6) is 0 Å². The van der Waals surface area contributed by atoms with Crippen LogP contribution in [-0.4, -0.2) is 34.7 Å². The predicted molar refractivity (Wildman–Crippen MR) is 60.1 cm³/mol. The quantitative estimate of drug-likeness (QED) is 0.351. The summed E-state index contributed by atoms with van der Waals surface area (Å²) >= 11 is 0. The Morgan fingerprint density at radius 2 is 2.21 bits per heavy atom. The molecule has 0 spiro atoms. The largest absolute Gasteiger partial charge is 0.467 e. The lowest BCUT2D eigenvalue weighted by Crippen LogP contribution is -2.23. The monoisotopic (exact) mass is 216 g/mol. The fourth-order valence-corrected chi connectivity index (χ4v) is 3.67. The molecule has 0 aromatic heterocycles. The van der Waals surface area contributed by atoms with E-state index in [4.69, 9.17) is 9.47 Å². The maximum absolute atomic E-state index is 10.8. The highest BCUT2D eigenvalue weighted by atomic mass is 28.3. The molecular weight excluding hydrogens is 196 g/mol. The first-order chi connectivity index (χ1) is 6.74. The molecule has 0 bridgehead atoms. The van der Waals surface area contributed by atoms with Crippen molar-refractivity contribution >= 4 is 14.8 Å². The van der Waals surface area contributed by atoms with Crippen molar-refractivity contribution in [3.8, 4) is 0 Å². The van der Waals surface area contributed by atoms with Gasteiger partial charge in [-0.05, 0) is 6.04 Å². The van der Waals surface area contributed by atoms with E-state index in [9.17, 15) is 4.79 Å². The van der Waals surface area contributed by atoms with E-state index in [2.05, 4.69) is 13.5 Å². The first-order valence-electron chi connectivity index (χ1n) is 5.02. The Morgan fingerprint density at radius 1 is 1.50 bits per heavy atom. The lowest BCUT2D eigenvalue weighted by Gasteiger charge is -2.13. The molecule has 0 saturated carbocycles. The number of esters is 1. The average molecular weight is 216 g/mol. The number of ether oxygens (including phenoxy) is 2. The maximum atomic E-state index is 10.8. The Kier molecular flexibility index (Phi) is 8.57. The summed E-state index contributed by atoms with van der Waals surface area (Å²) in [7, 11) is 0.764. The second-order valence-corrected chi connectivity index (χ2v) is 6.49. The first kappa shape index (κ1) is 13.4. The summed E-state index contributed by atoms with van der Waals surface area (Å²) < 4.78 is 10.1. The third kappa shape index (κ3) is 6.86. The lowest BCUT2D eigenvalue weighted by molar-refractivity contribution is -0.135. The second-order valence-electron chi connectivity index (χ2n) is 3.27. The Hall–Kier alpha value is -0.613. The molecule has 0 fully saturated rings. The average Bonchev–Trinajstić information content (AvgIpc) is 2.21. The van der Waals surface area contributed by atoms with E-state index in [1.807, 2.05) is 0 Å². The van der Waals surface area contributed by atoms with E-state index in [0.717, 1.165) is 19.1 Å². The summed E-state index contributed by atoms with van der Waals surface area (Å²) in [5.74, 6) is -0.309. The molecule has 0 heterocycles. The van der Waals surface area contributed by atoms with E-state index in [1.165, 1.54) is 12.1 Å². The van der Waals surface area contributed by atoms with Gasteiger partial charge in [0.25, 0.3) is 0 Å². The van der Waals surface area contributed by atoms with Gasteiger partial charge in [-0.15, -0.1) is 0 Å². The van der Waals surface area contributed by atoms with Gasteiger partial charge in [-0.1, -0.05) is 26.0 Å². The van der Waals surface area contributed by atoms with Gasteiger partial charge >= 0.3 is 5.97 Å². The summed E-state index contributed by atoms with van der Waals surface area (Å²) in [6.45, 7) is 6.30. The molecule has 3 nitrogen and oxygen atoms in total. The molecule has 0 saturated heterocycles. The summed E-state index contributed by atoms with van der Waals surface area (Å²) in [5, 5.41) is 0. The first-order valence-corrected chi connectivity index (χ1v) is 7.47. The van der Waals surface area contributed by atoms with E-state index in [0.29, 0.717) is 6.23 Å². The molecule has 0 aromatic rings. The zero-order valence-corrected chi connectivity index (χ0v) is 10.3. The molecule has 0 aromatic carbocycles. The van der Waals surface area contributed by atoms with Crippen molar-refractivity contribution < 1.29 is 14.3 Å². The highest BCUT2D eigenvalue weighted by Crippen LogP contribution is 2.04. The molecule has 0 rings (SSSR count). The third-order valence-corrected chi connectivity index (χ3v) is 5.14. The van der Waals surface area contributed by atoms with Gasteiger partial charge in [0.2, 0.25) is 0 Å². The molecule has 0 amide bonds. The highest BCUT2D eigenvalue weighted by molar-refractivity contribution is 6.58.